The van der Waals surface area contributed by atoms with Crippen LogP contribution in [0.25, 0.3) is 0 Å². The Balaban J connectivity index is 2.66. The number of carboxylic acid groups (broad SMARTS) is 2. The molecule has 1 rings (SSSR count). The fourth-order valence-corrected chi connectivity index (χ4v) is 2.84. The van der Waals surface area contributed by atoms with Gasteiger partial charge in [-0.25, -0.2) is 9.78 Å². The molecule has 1 aromatic rings. The molecule has 0 saturated carbocycles. The van der Waals surface area contributed by atoms with E-state index in [2.05, 4.69) is 30.9 Å². The van der Waals surface area contributed by atoms with E-state index < -0.39 is 60.8 Å². The third-order valence-corrected chi connectivity index (χ3v) is 4.61. The lowest BCUT2D eigenvalue weighted by molar-refractivity contribution is -0.143. The number of aliphatic carboxylic acids is 2. The predicted octanol–water partition coefficient (Wildman–Crippen LogP) is -3.63. The number of nitrogens with zero attached hydrogens (tertiary/aromatic N) is 2. The molecule has 12 N–H and O–H groups in total. The zero-order valence-corrected chi connectivity index (χ0v) is 18.9. The molecule has 0 spiro atoms. The van der Waals surface area contributed by atoms with Crippen molar-refractivity contribution in [1.29, 1.82) is 0 Å². The van der Waals surface area contributed by atoms with Crippen molar-refractivity contribution in [2.24, 2.45) is 22.2 Å². The van der Waals surface area contributed by atoms with Crippen LogP contribution in [0.3, 0.4) is 0 Å². The fourth-order valence-electron chi connectivity index (χ4n) is 2.84. The van der Waals surface area contributed by atoms with E-state index in [4.69, 9.17) is 22.3 Å². The molecular formula is C19H31N9O7. The molecule has 0 fully saturated rings. The monoisotopic (exact) mass is 497 g/mol. The Kier molecular flexibility index (Phi) is 12.2. The first-order valence-corrected chi connectivity index (χ1v) is 10.6. The molecule has 0 aromatic carbocycles. The summed E-state index contributed by atoms with van der Waals surface area (Å²) in [5.41, 5.74) is 16.8. The number of H-pyrrole nitrogens is 1. The third kappa shape index (κ3) is 12.0. The van der Waals surface area contributed by atoms with Crippen LogP contribution in [0.1, 0.15) is 31.4 Å². The minimum atomic E-state index is -1.35. The molecule has 16 heteroatoms. The van der Waals surface area contributed by atoms with Crippen molar-refractivity contribution in [3.63, 3.8) is 0 Å². The van der Waals surface area contributed by atoms with Crippen molar-refractivity contribution >= 4 is 35.6 Å². The number of rotatable bonds is 16. The Bertz CT molecular complexity index is 900. The number of aliphatic imine (C=N–C) groups is 1. The zero-order chi connectivity index (χ0) is 26.4. The highest BCUT2D eigenvalue weighted by molar-refractivity contribution is 5.92. The van der Waals surface area contributed by atoms with E-state index in [0.717, 1.165) is 0 Å². The molecule has 3 atom stereocenters. The Morgan fingerprint density at radius 2 is 1.77 bits per heavy atom. The van der Waals surface area contributed by atoms with Crippen LogP contribution in [0, 0.1) is 0 Å². The van der Waals surface area contributed by atoms with E-state index in [0.29, 0.717) is 5.69 Å². The highest BCUT2D eigenvalue weighted by Crippen LogP contribution is 2.03. The maximum absolute atomic E-state index is 12.6. The van der Waals surface area contributed by atoms with Gasteiger partial charge < -0.3 is 48.3 Å². The lowest BCUT2D eigenvalue weighted by atomic mass is 10.1. The van der Waals surface area contributed by atoms with Gasteiger partial charge in [0.1, 0.15) is 12.1 Å². The number of nitrogens with one attached hydrogen (secondary N) is 4. The number of carboxylic acids is 2. The van der Waals surface area contributed by atoms with Gasteiger partial charge in [-0.1, -0.05) is 0 Å². The topological polar surface area (TPSA) is 281 Å². The molecule has 1 heterocycles. The molecule has 0 bridgehead atoms. The second kappa shape index (κ2) is 14.8. The Hall–Kier alpha value is -4.21. The van der Waals surface area contributed by atoms with Gasteiger partial charge in [0.15, 0.2) is 5.96 Å². The average Bonchev–Trinajstić information content (AvgIpc) is 3.29. The molecular weight excluding hydrogens is 466 g/mol. The summed E-state index contributed by atoms with van der Waals surface area (Å²) in [6.45, 7) is -0.392. The zero-order valence-electron chi connectivity index (χ0n) is 18.9. The summed E-state index contributed by atoms with van der Waals surface area (Å²) < 4.78 is 0. The number of carbonyl (C=O) groups excluding carboxylic acids is 3. The fraction of sp³-hybridized carbons (Fsp3) is 0.526. The van der Waals surface area contributed by atoms with Crippen LogP contribution in [0.15, 0.2) is 17.5 Å². The number of amides is 3. The molecule has 0 aliphatic heterocycles. The van der Waals surface area contributed by atoms with Gasteiger partial charge in [0, 0.05) is 31.3 Å². The van der Waals surface area contributed by atoms with Gasteiger partial charge in [0.05, 0.1) is 18.9 Å². The first-order chi connectivity index (χ1) is 16.5. The van der Waals surface area contributed by atoms with Crippen molar-refractivity contribution in [3.05, 3.63) is 18.2 Å². The lowest BCUT2D eigenvalue weighted by Crippen LogP contribution is -2.54. The van der Waals surface area contributed by atoms with E-state index in [1.165, 1.54) is 12.5 Å². The van der Waals surface area contributed by atoms with Crippen molar-refractivity contribution < 1.29 is 34.2 Å². The maximum atomic E-state index is 12.6. The van der Waals surface area contributed by atoms with Crippen LogP contribution >= 0.6 is 0 Å². The van der Waals surface area contributed by atoms with E-state index in [1.54, 1.807) is 0 Å². The van der Waals surface area contributed by atoms with Gasteiger partial charge in [0.25, 0.3) is 0 Å². The summed E-state index contributed by atoms with van der Waals surface area (Å²) in [6.07, 6.45) is 2.53. The largest absolute Gasteiger partial charge is 0.481 e. The summed E-state index contributed by atoms with van der Waals surface area (Å²) in [5.74, 6) is -5.03. The number of nitrogens with two attached hydrogens (primary N) is 3. The van der Waals surface area contributed by atoms with Gasteiger partial charge in [-0.2, -0.15) is 0 Å². The molecule has 0 saturated heterocycles. The quantitative estimate of drug-likeness (QED) is 0.0610. The smallest absolute Gasteiger partial charge is 0.326 e. The van der Waals surface area contributed by atoms with Crippen LogP contribution in [0.4, 0.5) is 0 Å². The van der Waals surface area contributed by atoms with Crippen LogP contribution in [0.2, 0.25) is 0 Å². The third-order valence-electron chi connectivity index (χ3n) is 4.61. The Morgan fingerprint density at radius 3 is 2.34 bits per heavy atom. The highest BCUT2D eigenvalue weighted by Gasteiger charge is 2.27. The van der Waals surface area contributed by atoms with Crippen LogP contribution in [-0.2, 0) is 30.4 Å². The van der Waals surface area contributed by atoms with Gasteiger partial charge in [-0.3, -0.25) is 24.2 Å². The molecule has 35 heavy (non-hydrogen) atoms. The summed E-state index contributed by atoms with van der Waals surface area (Å²) in [7, 11) is 0. The number of hydrogen-bond acceptors (Lipinski definition) is 8. The van der Waals surface area contributed by atoms with Crippen molar-refractivity contribution in [1.82, 2.24) is 25.9 Å². The first kappa shape index (κ1) is 28.8. The molecule has 194 valence electrons. The van der Waals surface area contributed by atoms with Gasteiger partial charge in [-0.05, 0) is 19.3 Å². The van der Waals surface area contributed by atoms with E-state index in [-0.39, 0.29) is 38.2 Å². The second-order valence-corrected chi connectivity index (χ2v) is 7.51. The first-order valence-electron chi connectivity index (χ1n) is 10.6. The van der Waals surface area contributed by atoms with E-state index in [9.17, 15) is 29.1 Å². The number of guanidine groups is 1. The normalized spacial score (nSPS) is 13.1. The SMILES string of the molecule is NC(N)=NCCCC(NC(=O)C(CCC(=O)O)NC(=O)CNC(=O)C(N)Cc1cnc[nH]1)C(=O)O. The van der Waals surface area contributed by atoms with Gasteiger partial charge >= 0.3 is 11.9 Å². The molecule has 0 aliphatic carbocycles. The maximum Gasteiger partial charge on any atom is 0.326 e. The average molecular weight is 498 g/mol. The van der Waals surface area contributed by atoms with Crippen molar-refractivity contribution in [3.8, 4) is 0 Å². The number of imidazole rings is 1. The Morgan fingerprint density at radius 1 is 1.06 bits per heavy atom. The summed E-state index contributed by atoms with van der Waals surface area (Å²) in [5, 5.41) is 25.2. The minimum absolute atomic E-state index is 0.0122. The molecule has 3 unspecified atom stereocenters. The van der Waals surface area contributed by atoms with Crippen LogP contribution in [0.5, 0.6) is 0 Å². The number of carbonyl (C=O) groups is 5. The van der Waals surface area contributed by atoms with E-state index in [1.807, 2.05) is 0 Å². The molecule has 0 radical (unpaired) electrons. The molecule has 0 aliphatic rings. The lowest BCUT2D eigenvalue weighted by Gasteiger charge is -2.21. The molecule has 16 nitrogen and oxygen atoms in total. The summed E-state index contributed by atoms with van der Waals surface area (Å²) in [4.78, 5) is 69.7. The van der Waals surface area contributed by atoms with Crippen LogP contribution < -0.4 is 33.2 Å². The standard InChI is InChI=1S/C19H31N9O7/c20-11(6-10-7-23-9-26-10)16(32)25-8-14(29)27-12(3-4-15(30)31)17(33)28-13(18(34)35)2-1-5-24-19(21)22/h7,9,11-13H,1-6,8,20H2,(H,23,26)(H,25,32)(H,27,29)(H,28,33)(H,30,31)(H,34,35)(H4,21,22,24). The Labute approximate surface area is 200 Å². The van der Waals surface area contributed by atoms with E-state index >= 15 is 0 Å². The van der Waals surface area contributed by atoms with Crippen molar-refractivity contribution in [2.45, 2.75) is 50.2 Å². The number of hydrogen-bond donors (Lipinski definition) is 9. The summed E-state index contributed by atoms with van der Waals surface area (Å²) in [6, 6.07) is -3.64. The predicted molar refractivity (Wildman–Crippen MR) is 122 cm³/mol. The van der Waals surface area contributed by atoms with Crippen molar-refractivity contribution in [2.75, 3.05) is 13.1 Å². The second-order valence-electron chi connectivity index (χ2n) is 7.51. The summed E-state index contributed by atoms with van der Waals surface area (Å²) >= 11 is 0. The molecule has 3 amide bonds. The van der Waals surface area contributed by atoms with Gasteiger partial charge in [0.2, 0.25) is 17.7 Å². The van der Waals surface area contributed by atoms with Gasteiger partial charge in [-0.15, -0.1) is 0 Å². The number of aromatic amines is 1. The van der Waals surface area contributed by atoms with Crippen LogP contribution in [-0.4, -0.2) is 87.0 Å². The highest BCUT2D eigenvalue weighted by atomic mass is 16.4. The minimum Gasteiger partial charge on any atom is -0.481 e. The number of aromatic nitrogens is 2. The molecule has 1 aromatic heterocycles.